The molecule has 3 heteroatoms. The summed E-state index contributed by atoms with van der Waals surface area (Å²) < 4.78 is 0. The lowest BCUT2D eigenvalue weighted by Crippen LogP contribution is -1.83. The van der Waals surface area contributed by atoms with Gasteiger partial charge >= 0.3 is 0 Å². The van der Waals surface area contributed by atoms with Gasteiger partial charge in [0, 0.05) is 11.3 Å². The number of rotatable bonds is 2. The van der Waals surface area contributed by atoms with Gasteiger partial charge in [-0.2, -0.15) is 5.26 Å². The Morgan fingerprint density at radius 1 is 1.83 bits per heavy atom. The van der Waals surface area contributed by atoms with Crippen LogP contribution in [0.5, 0.6) is 0 Å². The van der Waals surface area contributed by atoms with Gasteiger partial charge in [-0.25, -0.2) is 4.98 Å². The molecule has 1 aliphatic rings. The molecule has 0 spiro atoms. The highest BCUT2D eigenvalue weighted by Crippen LogP contribution is 2.47. The van der Waals surface area contributed by atoms with Crippen molar-refractivity contribution in [3.8, 4) is 6.07 Å². The van der Waals surface area contributed by atoms with Crippen LogP contribution >= 0.6 is 11.3 Å². The van der Waals surface area contributed by atoms with E-state index in [0.717, 1.165) is 11.6 Å². The molecular weight excluding hydrogens is 168 g/mol. The highest BCUT2D eigenvalue weighted by Gasteiger charge is 2.36. The van der Waals surface area contributed by atoms with E-state index in [9.17, 15) is 0 Å². The molecule has 2 nitrogen and oxygen atoms in total. The third-order valence-corrected chi connectivity index (χ3v) is 3.28. The molecule has 12 heavy (non-hydrogen) atoms. The van der Waals surface area contributed by atoms with Crippen molar-refractivity contribution in [3.05, 3.63) is 16.1 Å². The molecule has 0 saturated heterocycles. The summed E-state index contributed by atoms with van der Waals surface area (Å²) in [7, 11) is 0. The molecule has 1 aromatic rings. The monoisotopic (exact) mass is 178 g/mol. The zero-order valence-corrected chi connectivity index (χ0v) is 7.77. The van der Waals surface area contributed by atoms with Gasteiger partial charge in [0.25, 0.3) is 0 Å². The standard InChI is InChI=1S/C9H10N2S/c1-6-4-8(6)9-11-7(2-3-10)5-12-9/h5-6,8H,2,4H2,1H3. The third-order valence-electron chi connectivity index (χ3n) is 2.26. The van der Waals surface area contributed by atoms with Gasteiger partial charge in [-0.05, 0) is 12.3 Å². The first-order valence-electron chi connectivity index (χ1n) is 4.12. The fraction of sp³-hybridized carbons (Fsp3) is 0.556. The van der Waals surface area contributed by atoms with Crippen molar-refractivity contribution in [1.82, 2.24) is 4.98 Å². The Hall–Kier alpha value is -0.880. The van der Waals surface area contributed by atoms with Crippen LogP contribution in [-0.2, 0) is 6.42 Å². The Bertz CT molecular complexity index is 324. The van der Waals surface area contributed by atoms with Gasteiger partial charge in [0.05, 0.1) is 23.2 Å². The summed E-state index contributed by atoms with van der Waals surface area (Å²) in [5.74, 6) is 1.51. The van der Waals surface area contributed by atoms with Gasteiger partial charge in [0.2, 0.25) is 0 Å². The van der Waals surface area contributed by atoms with Crippen molar-refractivity contribution in [2.24, 2.45) is 5.92 Å². The van der Waals surface area contributed by atoms with Gasteiger partial charge < -0.3 is 0 Å². The van der Waals surface area contributed by atoms with Crippen LogP contribution < -0.4 is 0 Å². The molecule has 1 fully saturated rings. The summed E-state index contributed by atoms with van der Waals surface area (Å²) in [6.07, 6.45) is 1.73. The quantitative estimate of drug-likeness (QED) is 0.697. The number of nitriles is 1. The lowest BCUT2D eigenvalue weighted by molar-refractivity contribution is 0.899. The second kappa shape index (κ2) is 2.87. The zero-order valence-electron chi connectivity index (χ0n) is 6.95. The maximum atomic E-state index is 8.45. The van der Waals surface area contributed by atoms with E-state index in [1.807, 2.05) is 5.38 Å². The van der Waals surface area contributed by atoms with E-state index in [0.29, 0.717) is 12.3 Å². The van der Waals surface area contributed by atoms with E-state index >= 15 is 0 Å². The van der Waals surface area contributed by atoms with E-state index in [1.165, 1.54) is 11.4 Å². The first-order chi connectivity index (χ1) is 5.81. The van der Waals surface area contributed by atoms with Crippen LogP contribution in [0.2, 0.25) is 0 Å². The van der Waals surface area contributed by atoms with E-state index < -0.39 is 0 Å². The molecule has 0 aromatic carbocycles. The van der Waals surface area contributed by atoms with E-state index in [1.54, 1.807) is 11.3 Å². The van der Waals surface area contributed by atoms with E-state index in [-0.39, 0.29) is 0 Å². The second-order valence-corrected chi connectivity index (χ2v) is 4.22. The number of thiazole rings is 1. The highest BCUT2D eigenvalue weighted by atomic mass is 32.1. The van der Waals surface area contributed by atoms with Crippen LogP contribution in [0.1, 0.15) is 30.0 Å². The average molecular weight is 178 g/mol. The Kier molecular flexibility index (Phi) is 1.86. The zero-order chi connectivity index (χ0) is 8.55. The molecule has 0 amide bonds. The molecular formula is C9H10N2S. The summed E-state index contributed by atoms with van der Waals surface area (Å²) in [6.45, 7) is 2.25. The average Bonchev–Trinajstić information content (AvgIpc) is 2.62. The maximum Gasteiger partial charge on any atom is 0.0962 e. The van der Waals surface area contributed by atoms with Gasteiger partial charge in [-0.15, -0.1) is 11.3 Å². The Balaban J connectivity index is 2.10. The molecule has 2 rings (SSSR count). The summed E-state index contributed by atoms with van der Waals surface area (Å²) in [4.78, 5) is 4.41. The minimum atomic E-state index is 0.456. The van der Waals surface area contributed by atoms with Crippen LogP contribution in [0.3, 0.4) is 0 Å². The summed E-state index contributed by atoms with van der Waals surface area (Å²) in [6, 6.07) is 2.11. The largest absolute Gasteiger partial charge is 0.245 e. The highest BCUT2D eigenvalue weighted by molar-refractivity contribution is 7.09. The molecule has 1 heterocycles. The smallest absolute Gasteiger partial charge is 0.0962 e. The SMILES string of the molecule is CC1CC1c1nc(CC#N)cs1. The maximum absolute atomic E-state index is 8.45. The number of nitrogens with zero attached hydrogens (tertiary/aromatic N) is 2. The van der Waals surface area contributed by atoms with Crippen LogP contribution in [-0.4, -0.2) is 4.98 Å². The topological polar surface area (TPSA) is 36.7 Å². The molecule has 1 aliphatic carbocycles. The normalized spacial score (nSPS) is 26.7. The molecule has 62 valence electrons. The van der Waals surface area contributed by atoms with Crippen molar-refractivity contribution in [2.45, 2.75) is 25.7 Å². The van der Waals surface area contributed by atoms with Crippen molar-refractivity contribution in [3.63, 3.8) is 0 Å². The first-order valence-corrected chi connectivity index (χ1v) is 5.00. The molecule has 0 radical (unpaired) electrons. The molecule has 0 aliphatic heterocycles. The van der Waals surface area contributed by atoms with Crippen molar-refractivity contribution in [2.75, 3.05) is 0 Å². The van der Waals surface area contributed by atoms with Crippen LogP contribution in [0.4, 0.5) is 0 Å². The van der Waals surface area contributed by atoms with Gasteiger partial charge in [0.15, 0.2) is 0 Å². The van der Waals surface area contributed by atoms with E-state index in [2.05, 4.69) is 18.0 Å². The summed E-state index contributed by atoms with van der Waals surface area (Å²) in [5, 5.41) is 11.7. The number of aromatic nitrogens is 1. The Labute approximate surface area is 75.9 Å². The number of hydrogen-bond donors (Lipinski definition) is 0. The lowest BCUT2D eigenvalue weighted by atomic mass is 10.3. The molecule has 1 saturated carbocycles. The third kappa shape index (κ3) is 1.35. The van der Waals surface area contributed by atoms with Crippen molar-refractivity contribution in [1.29, 1.82) is 5.26 Å². The molecule has 1 aromatic heterocycles. The van der Waals surface area contributed by atoms with Crippen LogP contribution in [0.25, 0.3) is 0 Å². The minimum Gasteiger partial charge on any atom is -0.245 e. The van der Waals surface area contributed by atoms with Crippen LogP contribution in [0.15, 0.2) is 5.38 Å². The van der Waals surface area contributed by atoms with Crippen molar-refractivity contribution >= 4 is 11.3 Å². The Morgan fingerprint density at radius 3 is 3.17 bits per heavy atom. The van der Waals surface area contributed by atoms with Gasteiger partial charge in [-0.3, -0.25) is 0 Å². The van der Waals surface area contributed by atoms with Crippen LogP contribution in [0, 0.1) is 17.2 Å². The van der Waals surface area contributed by atoms with Gasteiger partial charge in [-0.1, -0.05) is 6.92 Å². The van der Waals surface area contributed by atoms with Crippen molar-refractivity contribution < 1.29 is 0 Å². The fourth-order valence-electron chi connectivity index (χ4n) is 1.32. The summed E-state index contributed by atoms with van der Waals surface area (Å²) in [5.41, 5.74) is 0.941. The number of hydrogen-bond acceptors (Lipinski definition) is 3. The predicted octanol–water partition coefficient (Wildman–Crippen LogP) is 2.33. The minimum absolute atomic E-state index is 0.456. The summed E-state index contributed by atoms with van der Waals surface area (Å²) >= 11 is 1.70. The fourth-order valence-corrected chi connectivity index (χ4v) is 2.39. The van der Waals surface area contributed by atoms with Gasteiger partial charge in [0.1, 0.15) is 0 Å². The first kappa shape index (κ1) is 7.75. The molecule has 0 N–H and O–H groups in total. The molecule has 2 unspecified atom stereocenters. The lowest BCUT2D eigenvalue weighted by Gasteiger charge is -1.86. The molecule has 0 bridgehead atoms. The molecule has 2 atom stereocenters. The van der Waals surface area contributed by atoms with E-state index in [4.69, 9.17) is 5.26 Å². The Morgan fingerprint density at radius 2 is 2.58 bits per heavy atom. The predicted molar refractivity (Wildman–Crippen MR) is 48.0 cm³/mol. The second-order valence-electron chi connectivity index (χ2n) is 3.33.